The minimum atomic E-state index is -0.416. The summed E-state index contributed by atoms with van der Waals surface area (Å²) in [6.45, 7) is 13.0. The lowest BCUT2D eigenvalue weighted by Crippen LogP contribution is -2.41. The van der Waals surface area contributed by atoms with Crippen LogP contribution >= 0.6 is 0 Å². The van der Waals surface area contributed by atoms with Crippen molar-refractivity contribution >= 4 is 34.5 Å². The standard InChI is InChI=1S/C33H31BO3/c1-31(2)25-17-15-20(21-11-7-9-13-27(21)34-36-32(3,4)33(5,6)37-34)19-24(25)29-26(31)18-16-23-22-12-8-10-14-28(22)35-30(23)29/h7-19H,1-6H3. The summed E-state index contributed by atoms with van der Waals surface area (Å²) < 4.78 is 19.4. The number of hydrogen-bond donors (Lipinski definition) is 0. The minimum Gasteiger partial charge on any atom is -0.455 e. The Bertz CT molecular complexity index is 1710. The first kappa shape index (κ1) is 22.8. The van der Waals surface area contributed by atoms with Crippen molar-refractivity contribution in [1.82, 2.24) is 0 Å². The molecule has 2 aliphatic rings. The van der Waals surface area contributed by atoms with E-state index in [1.165, 1.54) is 27.6 Å². The number of rotatable bonds is 2. The second-order valence-electron chi connectivity index (χ2n) is 12.0. The number of para-hydroxylation sites is 1. The first-order valence-electron chi connectivity index (χ1n) is 13.1. The molecule has 0 bridgehead atoms. The Morgan fingerprint density at radius 2 is 1.30 bits per heavy atom. The first-order chi connectivity index (χ1) is 17.6. The van der Waals surface area contributed by atoms with Crippen LogP contribution in [0.4, 0.5) is 0 Å². The van der Waals surface area contributed by atoms with Gasteiger partial charge in [0.15, 0.2) is 0 Å². The molecule has 1 saturated heterocycles. The second kappa shape index (κ2) is 7.37. The van der Waals surface area contributed by atoms with E-state index in [4.69, 9.17) is 13.7 Å². The van der Waals surface area contributed by atoms with Gasteiger partial charge in [-0.2, -0.15) is 0 Å². The van der Waals surface area contributed by atoms with E-state index in [1.54, 1.807) is 0 Å². The molecule has 184 valence electrons. The number of furan rings is 1. The van der Waals surface area contributed by atoms with E-state index in [1.807, 2.05) is 6.07 Å². The highest BCUT2D eigenvalue weighted by Crippen LogP contribution is 2.53. The van der Waals surface area contributed by atoms with E-state index >= 15 is 0 Å². The summed E-state index contributed by atoms with van der Waals surface area (Å²) in [4.78, 5) is 0. The molecular formula is C33H31BO3. The minimum absolute atomic E-state index is 0.110. The highest BCUT2D eigenvalue weighted by Gasteiger charge is 2.52. The maximum Gasteiger partial charge on any atom is 0.495 e. The molecule has 0 amide bonds. The van der Waals surface area contributed by atoms with Crippen molar-refractivity contribution in [3.8, 4) is 22.3 Å². The quantitative estimate of drug-likeness (QED) is 0.238. The van der Waals surface area contributed by atoms with Crippen LogP contribution < -0.4 is 5.46 Å². The largest absolute Gasteiger partial charge is 0.495 e. The number of fused-ring (bicyclic) bond motifs is 7. The molecule has 0 unspecified atom stereocenters. The zero-order valence-electron chi connectivity index (χ0n) is 22.3. The first-order valence-corrected chi connectivity index (χ1v) is 13.1. The van der Waals surface area contributed by atoms with E-state index in [0.29, 0.717) is 0 Å². The summed E-state index contributed by atoms with van der Waals surface area (Å²) in [7, 11) is -0.416. The van der Waals surface area contributed by atoms with Gasteiger partial charge in [0.2, 0.25) is 0 Å². The van der Waals surface area contributed by atoms with Crippen LogP contribution in [0.2, 0.25) is 0 Å². The third kappa shape index (κ3) is 3.09. The molecule has 5 aromatic rings. The molecule has 7 rings (SSSR count). The summed E-state index contributed by atoms with van der Waals surface area (Å²) in [5, 5.41) is 2.33. The lowest BCUT2D eigenvalue weighted by molar-refractivity contribution is 0.00578. The van der Waals surface area contributed by atoms with Gasteiger partial charge in [0, 0.05) is 21.8 Å². The Hall–Kier alpha value is -3.34. The third-order valence-electron chi connectivity index (χ3n) is 8.96. The molecule has 0 atom stereocenters. The van der Waals surface area contributed by atoms with Crippen molar-refractivity contribution in [3.05, 3.63) is 90.0 Å². The van der Waals surface area contributed by atoms with Crippen LogP contribution in [-0.4, -0.2) is 18.3 Å². The molecular weight excluding hydrogens is 455 g/mol. The van der Waals surface area contributed by atoms with Crippen molar-refractivity contribution in [3.63, 3.8) is 0 Å². The lowest BCUT2D eigenvalue weighted by atomic mass is 9.74. The van der Waals surface area contributed by atoms with Gasteiger partial charge >= 0.3 is 7.12 Å². The number of benzene rings is 4. The average molecular weight is 486 g/mol. The lowest BCUT2D eigenvalue weighted by Gasteiger charge is -2.32. The van der Waals surface area contributed by atoms with Gasteiger partial charge in [0.05, 0.1) is 11.2 Å². The third-order valence-corrected chi connectivity index (χ3v) is 8.96. The molecule has 3 nitrogen and oxygen atoms in total. The molecule has 0 radical (unpaired) electrons. The Balaban J connectivity index is 1.43. The Morgan fingerprint density at radius 3 is 2.08 bits per heavy atom. The van der Waals surface area contributed by atoms with E-state index < -0.39 is 18.3 Å². The summed E-state index contributed by atoms with van der Waals surface area (Å²) in [5.41, 5.74) is 9.44. The number of hydrogen-bond acceptors (Lipinski definition) is 3. The molecule has 37 heavy (non-hydrogen) atoms. The fourth-order valence-electron chi connectivity index (χ4n) is 6.12. The van der Waals surface area contributed by atoms with E-state index in [9.17, 15) is 0 Å². The molecule has 0 saturated carbocycles. The fraction of sp³-hybridized carbons (Fsp3) is 0.273. The molecule has 1 aliphatic carbocycles. The topological polar surface area (TPSA) is 31.6 Å². The highest BCUT2D eigenvalue weighted by molar-refractivity contribution is 6.63. The SMILES string of the molecule is CC1(C)c2ccc(-c3ccccc3B3OC(C)(C)C(C)(C)O3)cc2-c2c1ccc1c2oc2ccccc21. The van der Waals surface area contributed by atoms with Crippen LogP contribution in [0.15, 0.2) is 83.3 Å². The summed E-state index contributed by atoms with van der Waals surface area (Å²) >= 11 is 0. The van der Waals surface area contributed by atoms with Gasteiger partial charge in [-0.3, -0.25) is 0 Å². The Morgan fingerprint density at radius 1 is 0.622 bits per heavy atom. The maximum absolute atomic E-state index is 6.50. The van der Waals surface area contributed by atoms with Crippen LogP contribution in [0.5, 0.6) is 0 Å². The van der Waals surface area contributed by atoms with Gasteiger partial charge < -0.3 is 13.7 Å². The van der Waals surface area contributed by atoms with Gasteiger partial charge in [0.1, 0.15) is 11.2 Å². The highest BCUT2D eigenvalue weighted by atomic mass is 16.7. The van der Waals surface area contributed by atoms with Gasteiger partial charge in [-0.1, -0.05) is 80.6 Å². The maximum atomic E-state index is 6.50. The van der Waals surface area contributed by atoms with Crippen LogP contribution in [-0.2, 0) is 14.7 Å². The van der Waals surface area contributed by atoms with Crippen molar-refractivity contribution in [2.75, 3.05) is 0 Å². The van der Waals surface area contributed by atoms with Crippen LogP contribution in [0, 0.1) is 0 Å². The van der Waals surface area contributed by atoms with Crippen molar-refractivity contribution < 1.29 is 13.7 Å². The molecule has 4 aromatic carbocycles. The van der Waals surface area contributed by atoms with Gasteiger partial charge in [0.25, 0.3) is 0 Å². The van der Waals surface area contributed by atoms with Crippen LogP contribution in [0.25, 0.3) is 44.2 Å². The van der Waals surface area contributed by atoms with Crippen molar-refractivity contribution in [1.29, 1.82) is 0 Å². The normalized spacial score (nSPS) is 18.9. The van der Waals surface area contributed by atoms with Gasteiger partial charge in [-0.05, 0) is 73.1 Å². The molecule has 1 fully saturated rings. The Kier molecular flexibility index (Phi) is 4.55. The molecule has 1 aliphatic heterocycles. The second-order valence-corrected chi connectivity index (χ2v) is 12.0. The smallest absolute Gasteiger partial charge is 0.455 e. The van der Waals surface area contributed by atoms with E-state index in [-0.39, 0.29) is 5.41 Å². The summed E-state index contributed by atoms with van der Waals surface area (Å²) in [6.07, 6.45) is 0. The summed E-state index contributed by atoms with van der Waals surface area (Å²) in [5.74, 6) is 0. The molecule has 0 spiro atoms. The van der Waals surface area contributed by atoms with Gasteiger partial charge in [-0.15, -0.1) is 0 Å². The predicted molar refractivity (Wildman–Crippen MR) is 152 cm³/mol. The molecule has 1 aromatic heterocycles. The van der Waals surface area contributed by atoms with Crippen molar-refractivity contribution in [2.24, 2.45) is 0 Å². The predicted octanol–water partition coefficient (Wildman–Crippen LogP) is 7.86. The zero-order chi connectivity index (χ0) is 25.7. The van der Waals surface area contributed by atoms with E-state index in [0.717, 1.165) is 33.1 Å². The fourth-order valence-corrected chi connectivity index (χ4v) is 6.12. The Labute approximate surface area is 218 Å². The van der Waals surface area contributed by atoms with Crippen molar-refractivity contribution in [2.45, 2.75) is 58.2 Å². The van der Waals surface area contributed by atoms with Crippen LogP contribution in [0.1, 0.15) is 52.7 Å². The zero-order valence-corrected chi connectivity index (χ0v) is 22.3. The molecule has 0 N–H and O–H groups in total. The monoisotopic (exact) mass is 486 g/mol. The summed E-state index contributed by atoms with van der Waals surface area (Å²) in [6, 6.07) is 28.1. The molecule has 4 heteroatoms. The van der Waals surface area contributed by atoms with E-state index in [2.05, 4.69) is 114 Å². The molecule has 2 heterocycles. The average Bonchev–Trinajstić information content (AvgIpc) is 3.43. The van der Waals surface area contributed by atoms with Gasteiger partial charge in [-0.25, -0.2) is 0 Å². The van der Waals surface area contributed by atoms with Crippen LogP contribution in [0.3, 0.4) is 0 Å².